The second-order valence-corrected chi connectivity index (χ2v) is 9.75. The van der Waals surface area contributed by atoms with E-state index in [1.807, 2.05) is 84.9 Å². The average Bonchev–Trinajstić information content (AvgIpc) is 3.25. The zero-order valence-electron chi connectivity index (χ0n) is 22.9. The predicted octanol–water partition coefficient (Wildman–Crippen LogP) is 5.17. The molecule has 0 unspecified atom stereocenters. The second kappa shape index (κ2) is 11.2. The normalized spacial score (nSPS) is 12.8. The van der Waals surface area contributed by atoms with Gasteiger partial charge in [0, 0.05) is 28.6 Å². The lowest BCUT2D eigenvalue weighted by molar-refractivity contribution is -0.132. The Bertz CT molecular complexity index is 1800. The summed E-state index contributed by atoms with van der Waals surface area (Å²) in [5.41, 5.74) is 3.82. The van der Waals surface area contributed by atoms with Gasteiger partial charge in [0.05, 0.1) is 31.8 Å². The third-order valence-electron chi connectivity index (χ3n) is 7.29. The number of amides is 1. The molecule has 8 heteroatoms. The molecule has 0 spiro atoms. The molecule has 206 valence electrons. The number of rotatable bonds is 6. The first-order valence-electron chi connectivity index (χ1n) is 13.4. The molecule has 0 radical (unpaired) electrons. The first-order valence-corrected chi connectivity index (χ1v) is 13.4. The largest absolute Gasteiger partial charge is 0.496 e. The minimum atomic E-state index is -0.305. The number of nitrogens with zero attached hydrogens (tertiary/aromatic N) is 3. The number of carbonyl (C=O) groups excluding carboxylic acids is 1. The van der Waals surface area contributed by atoms with Crippen LogP contribution in [0, 0.1) is 0 Å². The highest BCUT2D eigenvalue weighted by Gasteiger charge is 2.25. The summed E-state index contributed by atoms with van der Waals surface area (Å²) in [5.74, 6) is 1.69. The van der Waals surface area contributed by atoms with Gasteiger partial charge in [-0.15, -0.1) is 0 Å². The molecule has 0 saturated heterocycles. The van der Waals surface area contributed by atoms with Crippen LogP contribution in [-0.4, -0.2) is 48.0 Å². The van der Waals surface area contributed by atoms with Gasteiger partial charge >= 0.3 is 0 Å². The summed E-state index contributed by atoms with van der Waals surface area (Å²) in [5, 5.41) is 5.93. The Balaban J connectivity index is 1.35. The standard InChI is InChI=1S/C33H29N3O5/c1-39-28-15-9-8-12-25(28)23-18-24-20-35(16-17-41-32(24)29(19-23)40-2)30(37)21-36-33(38)27-14-7-6-13-26(27)31(34-36)22-10-4-3-5-11-22/h3-15,18-19H,16-17,20-21H2,1-2H3. The summed E-state index contributed by atoms with van der Waals surface area (Å²) in [4.78, 5) is 28.8. The van der Waals surface area contributed by atoms with E-state index in [0.717, 1.165) is 33.4 Å². The Morgan fingerprint density at radius 2 is 1.56 bits per heavy atom. The molecule has 6 rings (SSSR count). The van der Waals surface area contributed by atoms with Crippen LogP contribution in [0.2, 0.25) is 0 Å². The van der Waals surface area contributed by atoms with Crippen molar-refractivity contribution in [2.45, 2.75) is 13.1 Å². The molecule has 1 aliphatic rings. The third-order valence-corrected chi connectivity index (χ3v) is 7.29. The van der Waals surface area contributed by atoms with Crippen LogP contribution in [0.1, 0.15) is 5.56 Å². The average molecular weight is 548 g/mol. The van der Waals surface area contributed by atoms with Gasteiger partial charge in [0.2, 0.25) is 5.91 Å². The fraction of sp³-hybridized carbons (Fsp3) is 0.182. The van der Waals surface area contributed by atoms with Crippen molar-refractivity contribution in [1.82, 2.24) is 14.7 Å². The highest BCUT2D eigenvalue weighted by Crippen LogP contribution is 2.40. The minimum absolute atomic E-state index is 0.192. The van der Waals surface area contributed by atoms with E-state index in [1.165, 1.54) is 4.68 Å². The van der Waals surface area contributed by atoms with E-state index in [9.17, 15) is 9.59 Å². The highest BCUT2D eigenvalue weighted by molar-refractivity contribution is 5.94. The van der Waals surface area contributed by atoms with E-state index in [-0.39, 0.29) is 18.0 Å². The number of methoxy groups -OCH3 is 2. The molecule has 0 fully saturated rings. The van der Waals surface area contributed by atoms with E-state index >= 15 is 0 Å². The summed E-state index contributed by atoms with van der Waals surface area (Å²) in [6.07, 6.45) is 0. The zero-order valence-corrected chi connectivity index (χ0v) is 22.9. The van der Waals surface area contributed by atoms with E-state index in [0.29, 0.717) is 42.3 Å². The number of aromatic nitrogens is 2. The first kappa shape index (κ1) is 26.1. The molecule has 8 nitrogen and oxygen atoms in total. The summed E-state index contributed by atoms with van der Waals surface area (Å²) >= 11 is 0. The van der Waals surface area contributed by atoms with Crippen LogP contribution in [0.25, 0.3) is 33.2 Å². The monoisotopic (exact) mass is 547 g/mol. The van der Waals surface area contributed by atoms with Crippen LogP contribution in [-0.2, 0) is 17.9 Å². The van der Waals surface area contributed by atoms with Gasteiger partial charge in [0.15, 0.2) is 11.5 Å². The van der Waals surface area contributed by atoms with E-state index in [1.54, 1.807) is 25.2 Å². The topological polar surface area (TPSA) is 82.9 Å². The Kier molecular flexibility index (Phi) is 7.12. The third kappa shape index (κ3) is 5.00. The molecule has 1 amide bonds. The summed E-state index contributed by atoms with van der Waals surface area (Å²) in [7, 11) is 3.23. The van der Waals surface area contributed by atoms with Crippen LogP contribution >= 0.6 is 0 Å². The van der Waals surface area contributed by atoms with Crippen molar-refractivity contribution in [3.05, 3.63) is 107 Å². The molecule has 0 saturated carbocycles. The molecule has 0 bridgehead atoms. The number of benzene rings is 4. The quantitative estimate of drug-likeness (QED) is 0.292. The number of carbonyl (C=O) groups is 1. The van der Waals surface area contributed by atoms with E-state index in [2.05, 4.69) is 5.10 Å². The Hall–Kier alpha value is -5.11. The minimum Gasteiger partial charge on any atom is -0.496 e. The van der Waals surface area contributed by atoms with E-state index < -0.39 is 0 Å². The molecule has 41 heavy (non-hydrogen) atoms. The lowest BCUT2D eigenvalue weighted by Crippen LogP contribution is -2.38. The zero-order chi connectivity index (χ0) is 28.3. The molecule has 0 aliphatic carbocycles. The number of hydrogen-bond donors (Lipinski definition) is 0. The van der Waals surface area contributed by atoms with Gasteiger partial charge in [-0.1, -0.05) is 66.7 Å². The molecule has 0 N–H and O–H groups in total. The molecule has 1 aliphatic heterocycles. The van der Waals surface area contributed by atoms with Gasteiger partial charge in [-0.2, -0.15) is 5.10 Å². The summed E-state index contributed by atoms with van der Waals surface area (Å²) in [6, 6.07) is 28.7. The summed E-state index contributed by atoms with van der Waals surface area (Å²) < 4.78 is 18.6. The van der Waals surface area contributed by atoms with Gasteiger partial charge in [-0.25, -0.2) is 4.68 Å². The van der Waals surface area contributed by atoms with Gasteiger partial charge < -0.3 is 19.1 Å². The van der Waals surface area contributed by atoms with Gasteiger partial charge in [0.25, 0.3) is 5.56 Å². The maximum absolute atomic E-state index is 13.7. The van der Waals surface area contributed by atoms with Crippen LogP contribution in [0.5, 0.6) is 17.2 Å². The van der Waals surface area contributed by atoms with Crippen LogP contribution in [0.3, 0.4) is 0 Å². The van der Waals surface area contributed by atoms with Crippen molar-refractivity contribution < 1.29 is 19.0 Å². The van der Waals surface area contributed by atoms with Crippen molar-refractivity contribution in [1.29, 1.82) is 0 Å². The van der Waals surface area contributed by atoms with Gasteiger partial charge in [-0.05, 0) is 29.8 Å². The van der Waals surface area contributed by atoms with Crippen molar-refractivity contribution in [2.24, 2.45) is 0 Å². The SMILES string of the molecule is COc1ccccc1-c1cc2c(c(OC)c1)OCCN(C(=O)Cn1nc(-c3ccccc3)c3ccccc3c1=O)C2. The van der Waals surface area contributed by atoms with Crippen LogP contribution in [0.4, 0.5) is 0 Å². The Labute approximate surface area is 237 Å². The number of para-hydroxylation sites is 1. The van der Waals surface area contributed by atoms with Gasteiger partial charge in [0.1, 0.15) is 18.9 Å². The lowest BCUT2D eigenvalue weighted by Gasteiger charge is -2.21. The molecule has 4 aromatic carbocycles. The predicted molar refractivity (Wildman–Crippen MR) is 157 cm³/mol. The first-order chi connectivity index (χ1) is 20.1. The molecule has 5 aromatic rings. The fourth-order valence-electron chi connectivity index (χ4n) is 5.27. The maximum atomic E-state index is 13.7. The van der Waals surface area contributed by atoms with E-state index in [4.69, 9.17) is 14.2 Å². The van der Waals surface area contributed by atoms with Crippen molar-refractivity contribution >= 4 is 16.7 Å². The van der Waals surface area contributed by atoms with Crippen LogP contribution < -0.4 is 19.8 Å². The number of hydrogen-bond acceptors (Lipinski definition) is 6. The van der Waals surface area contributed by atoms with Crippen molar-refractivity contribution in [3.8, 4) is 39.6 Å². The van der Waals surface area contributed by atoms with Crippen LogP contribution in [0.15, 0.2) is 95.8 Å². The maximum Gasteiger partial charge on any atom is 0.275 e. The van der Waals surface area contributed by atoms with Gasteiger partial charge in [-0.3, -0.25) is 9.59 Å². The van der Waals surface area contributed by atoms with Crippen molar-refractivity contribution in [2.75, 3.05) is 27.4 Å². The fourth-order valence-corrected chi connectivity index (χ4v) is 5.27. The molecular weight excluding hydrogens is 518 g/mol. The summed E-state index contributed by atoms with van der Waals surface area (Å²) in [6.45, 7) is 0.747. The molecule has 0 atom stereocenters. The van der Waals surface area contributed by atoms with Crippen molar-refractivity contribution in [3.63, 3.8) is 0 Å². The highest BCUT2D eigenvalue weighted by atomic mass is 16.5. The Morgan fingerprint density at radius 1 is 0.854 bits per heavy atom. The number of fused-ring (bicyclic) bond motifs is 2. The molecule has 1 aromatic heterocycles. The molecule has 2 heterocycles. The number of ether oxygens (including phenoxy) is 3. The smallest absolute Gasteiger partial charge is 0.275 e. The Morgan fingerprint density at radius 3 is 2.34 bits per heavy atom. The second-order valence-electron chi connectivity index (χ2n) is 9.75. The lowest BCUT2D eigenvalue weighted by atomic mass is 10.0. The molecular formula is C33H29N3O5.